The van der Waals surface area contributed by atoms with Crippen molar-refractivity contribution in [2.45, 2.75) is 169 Å². The van der Waals surface area contributed by atoms with E-state index in [1.165, 1.54) is 25.0 Å². The maximum Gasteiger partial charge on any atom is 0.344 e. The maximum absolute atomic E-state index is 11.6. The molecule has 4 saturated carbocycles. The van der Waals surface area contributed by atoms with Gasteiger partial charge in [-0.15, -0.1) is 0 Å². The van der Waals surface area contributed by atoms with Gasteiger partial charge >= 0.3 is 95.5 Å². The second-order valence-corrected chi connectivity index (χ2v) is 34.7. The summed E-state index contributed by atoms with van der Waals surface area (Å²) >= 11 is 0. The zero-order valence-electron chi connectivity index (χ0n) is 78.2. The van der Waals surface area contributed by atoms with E-state index in [0.29, 0.717) is 174 Å². The smallest absolute Gasteiger partial charge is 0.344 e. The Labute approximate surface area is 800 Å². The Morgan fingerprint density at radius 1 is 0.362 bits per heavy atom. The number of benzene rings is 2. The van der Waals surface area contributed by atoms with Crippen molar-refractivity contribution in [3.63, 3.8) is 0 Å². The number of hydrogen-bond acceptors (Lipinski definition) is 33. The molecule has 15 fully saturated rings. The first kappa shape index (κ1) is 109. The normalized spacial score (nSPS) is 26.6. The van der Waals surface area contributed by atoms with Gasteiger partial charge in [0.15, 0.2) is 5.88 Å². The van der Waals surface area contributed by atoms with Gasteiger partial charge in [-0.05, 0) is 112 Å². The highest BCUT2D eigenvalue weighted by Crippen LogP contribution is 2.59. The molecular formula is C105H117NO32. The van der Waals surface area contributed by atoms with E-state index < -0.39 is 5.41 Å². The fraction of sp³-hybridized carbons (Fsp3) is 0.390. The average molecular weight is 1910 g/mol. The molecule has 20 aliphatic rings. The van der Waals surface area contributed by atoms with Crippen LogP contribution in [0.2, 0.25) is 0 Å². The fourth-order valence-electron chi connectivity index (χ4n) is 16.1. The first-order chi connectivity index (χ1) is 65.2. The Kier molecular flexibility index (Phi) is 39.9. The Morgan fingerprint density at radius 3 is 1.30 bits per heavy atom. The lowest BCUT2D eigenvalue weighted by molar-refractivity contribution is -0.185. The monoisotopic (exact) mass is 1900 g/mol. The molecule has 15 aliphatic heterocycles. The van der Waals surface area contributed by atoms with Crippen LogP contribution < -0.4 is 5.32 Å². The molecule has 11 atom stereocenters. The number of carbonyl (C=O) groups excluding carboxylic acids is 16. The van der Waals surface area contributed by atoms with Crippen molar-refractivity contribution in [3.05, 3.63) is 281 Å². The van der Waals surface area contributed by atoms with E-state index in [1.54, 1.807) is 24.3 Å². The summed E-state index contributed by atoms with van der Waals surface area (Å²) in [5, 5.41) is 2.77. The summed E-state index contributed by atoms with van der Waals surface area (Å²) in [5.74, 6) is 6.11. The molecule has 11 unspecified atom stereocenters. The Balaban J connectivity index is 0.000000182. The van der Waals surface area contributed by atoms with Crippen molar-refractivity contribution in [2.75, 3.05) is 19.8 Å². The van der Waals surface area contributed by atoms with Crippen molar-refractivity contribution >= 4 is 107 Å². The first-order valence-corrected chi connectivity index (χ1v) is 44.7. The Morgan fingerprint density at radius 2 is 0.884 bits per heavy atom. The molecule has 5 aliphatic carbocycles. The van der Waals surface area contributed by atoms with Gasteiger partial charge in [0, 0.05) is 73.1 Å². The summed E-state index contributed by atoms with van der Waals surface area (Å²) in [7, 11) is 0. The lowest BCUT2D eigenvalue weighted by Gasteiger charge is -2.41. The van der Waals surface area contributed by atoms with Gasteiger partial charge in [0.1, 0.15) is 88.1 Å². The van der Waals surface area contributed by atoms with Crippen LogP contribution in [0.4, 0.5) is 0 Å². The highest BCUT2D eigenvalue weighted by atomic mass is 16.6. The summed E-state index contributed by atoms with van der Waals surface area (Å²) in [5.41, 5.74) is 3.35. The molecule has 11 saturated heterocycles. The molecular weight excluding hydrogens is 1790 g/mol. The molecule has 0 amide bonds. The standard InChI is InChI=1S/C10H14O3.C10H8O2.C9H12O2.C9H10O2.C9H6O2.C8H10O2.2C6H6O2.2C6H8O2.C6H6O2.C5H7NO2.C5H6O3.C5H6O2.C5H4O2/c1-9(2)6-4-5-10(9,3)8(12)13-7(6)11;1-7-9-5-3-2-4-8(9)6-10(11)12-7;3*1-6-7-4-2-3-5-8(7)9(10)11-6;1-5-6-3-2-4-7(6)8(9)10-5;1-3-4-2-5(4)6(7)8-3;1-4-3-6(7)8-5(4)2;1-4-3-5(2)8-6(4)7;2*1-5-3-2-4-6(7)8-5;1-4-6-3-2-5(7)8-4;1-4-2-7-3-5(6)8-4;2*1-4-2-3-5(6)7-4/h6H,4-5H2,1-3H3;2-5H,1,6H2;7-8H,1-5H2;2-3,7-8H,1,4-5H2;2-5H,1H2;6-7H,1-4H2;4-5H,1-2H2;1-3H2;4H,2-3H2,1H3;1-4H2;2-3H,1,4H2;6H,1-3H2;1-3H2;1-3H2;2-3H,1H2. The van der Waals surface area contributed by atoms with E-state index in [0.717, 1.165) is 93.7 Å². The van der Waals surface area contributed by atoms with Gasteiger partial charge in [-0.3, -0.25) is 62.3 Å². The van der Waals surface area contributed by atoms with Crippen LogP contribution in [0.15, 0.2) is 258 Å². The molecule has 33 nitrogen and oxygen atoms in total. The SMILES string of the molecule is C=C1C=CC(=O)O1.C=C1C=CCC(=O)O1.C=C1CC(=O)OC1=C.C=C1CC(C)C(=O)O1.C=C1CCC(=O)O1.C=C1CCCC(=O)O1.C=C1COCC(=O)O1.C=C1NCCC(=O)O1.C=C1OC(=O)C2CC12.C=C1OC(=O)C2CC=CCC12.C=C1OC(=O)C2CCCC12.C=C1OC(=O)C2CCCCC12.C=C1OC(=O)Cc2ccccc21.C=C1OC(=O)c2ccccc21.CC12CCC(C(=O)OC1=O)C2(C)C. The number of nitrogens with one attached hydrogen (secondary N) is 1. The average Bonchev–Trinajstić information content (AvgIpc) is 1.56. The zero-order chi connectivity index (χ0) is 102. The third kappa shape index (κ3) is 31.9. The Bertz CT molecular complexity index is 5120. The van der Waals surface area contributed by atoms with Crippen LogP contribution in [0.5, 0.6) is 0 Å². The van der Waals surface area contributed by atoms with Gasteiger partial charge < -0.3 is 81.1 Å². The molecule has 138 heavy (non-hydrogen) atoms. The third-order valence-corrected chi connectivity index (χ3v) is 24.2. The minimum atomic E-state index is -0.453. The van der Waals surface area contributed by atoms with Gasteiger partial charge in [0.25, 0.3) is 0 Å². The van der Waals surface area contributed by atoms with Crippen molar-refractivity contribution in [1.29, 1.82) is 0 Å². The molecule has 2 aromatic carbocycles. The van der Waals surface area contributed by atoms with Crippen LogP contribution in [-0.2, 0) is 154 Å². The molecule has 0 spiro atoms. The van der Waals surface area contributed by atoms with Crippen molar-refractivity contribution in [1.82, 2.24) is 5.32 Å². The molecule has 0 radical (unpaired) electrons. The quantitative estimate of drug-likeness (QED) is 0.111. The Hall–Kier alpha value is -14.8. The van der Waals surface area contributed by atoms with E-state index in [-0.39, 0.29) is 149 Å². The van der Waals surface area contributed by atoms with Crippen molar-refractivity contribution in [3.8, 4) is 0 Å². The van der Waals surface area contributed by atoms with E-state index >= 15 is 0 Å². The van der Waals surface area contributed by atoms with Gasteiger partial charge in [0.2, 0.25) is 0 Å². The van der Waals surface area contributed by atoms with Crippen molar-refractivity contribution < 1.29 is 153 Å². The predicted molar refractivity (Wildman–Crippen MR) is 495 cm³/mol. The molecule has 0 aromatic heterocycles. The second kappa shape index (κ2) is 50.7. The summed E-state index contributed by atoms with van der Waals surface area (Å²) in [6.07, 6.45) is 28.1. The number of ether oxygens (including phenoxy) is 16. The second-order valence-electron chi connectivity index (χ2n) is 34.7. The van der Waals surface area contributed by atoms with E-state index in [1.807, 2.05) is 70.2 Å². The highest BCUT2D eigenvalue weighted by molar-refractivity contribution is 6.02. The fourth-order valence-corrected chi connectivity index (χ4v) is 16.1. The van der Waals surface area contributed by atoms with Gasteiger partial charge in [0.05, 0.1) is 78.6 Å². The van der Waals surface area contributed by atoms with Gasteiger partial charge in [-0.25, -0.2) is 14.4 Å². The summed E-state index contributed by atoms with van der Waals surface area (Å²) in [6, 6.07) is 14.8. The van der Waals surface area contributed by atoms with Crippen LogP contribution >= 0.6 is 0 Å². The van der Waals surface area contributed by atoms with E-state index in [4.69, 9.17) is 33.2 Å². The van der Waals surface area contributed by atoms with Crippen LogP contribution in [0, 0.1) is 70.0 Å². The number of carbonyl (C=O) groups is 16. The minimum absolute atomic E-state index is 0.0301. The molecule has 33 heteroatoms. The number of allylic oxidation sites excluding steroid dienone is 12. The molecule has 2 aromatic rings. The first-order valence-electron chi connectivity index (χ1n) is 44.7. The van der Waals surface area contributed by atoms with Crippen LogP contribution in [0.25, 0.3) is 11.5 Å². The van der Waals surface area contributed by atoms with Crippen LogP contribution in [0.3, 0.4) is 0 Å². The number of cyclic esters (lactones) is 16. The highest BCUT2D eigenvalue weighted by Gasteiger charge is 2.63. The number of hydrogen-bond donors (Lipinski definition) is 1. The van der Waals surface area contributed by atoms with E-state index in [9.17, 15) is 76.7 Å². The third-order valence-electron chi connectivity index (χ3n) is 24.2. The largest absolute Gasteiger partial charge is 0.432 e. The number of rotatable bonds is 0. The van der Waals surface area contributed by atoms with Gasteiger partial charge in [-0.2, -0.15) is 0 Å². The number of esters is 16. The maximum atomic E-state index is 11.6. The minimum Gasteiger partial charge on any atom is -0.432 e. The number of fused-ring (bicyclic) bond motifs is 8. The van der Waals surface area contributed by atoms with Crippen molar-refractivity contribution in [2.24, 2.45) is 70.0 Å². The lowest BCUT2D eigenvalue weighted by Crippen LogP contribution is -2.49. The summed E-state index contributed by atoms with van der Waals surface area (Å²) in [4.78, 5) is 171. The molecule has 734 valence electrons. The zero-order valence-corrected chi connectivity index (χ0v) is 78.2. The van der Waals surface area contributed by atoms with Crippen LogP contribution in [0.1, 0.15) is 190 Å². The lowest BCUT2D eigenvalue weighted by atomic mass is 9.64. The summed E-state index contributed by atoms with van der Waals surface area (Å²) in [6.45, 7) is 61.9. The van der Waals surface area contributed by atoms with E-state index in [2.05, 4.69) is 153 Å². The molecule has 2 bridgehead atoms. The molecule has 15 heterocycles. The van der Waals surface area contributed by atoms with Gasteiger partial charge in [-0.1, -0.05) is 193 Å². The molecule has 22 rings (SSSR count). The topological polar surface area (TPSA) is 433 Å². The predicted octanol–water partition coefficient (Wildman–Crippen LogP) is 16.6. The molecule has 1 N–H and O–H groups in total. The summed E-state index contributed by atoms with van der Waals surface area (Å²) < 4.78 is 75.0. The van der Waals surface area contributed by atoms with Crippen LogP contribution in [-0.4, -0.2) is 115 Å².